The maximum absolute atomic E-state index is 12.5. The molecule has 32 heavy (non-hydrogen) atoms. The van der Waals surface area contributed by atoms with Crippen LogP contribution in [0.15, 0.2) is 36.4 Å². The summed E-state index contributed by atoms with van der Waals surface area (Å²) in [5, 5.41) is 10.1. The number of hydrogen-bond donors (Lipinski definition) is 3. The van der Waals surface area contributed by atoms with Crippen LogP contribution in [0.1, 0.15) is 23.2 Å². The standard InChI is InChI=1S/C21H20F3N5O2S/c1-29-16-7-4-12(18(30)25-10-11-2-3-11)8-15(16)26-19(29)28-20-27-14-6-5-13(9-17(14)32-20)31-21(22,23)24/h4-9,11,19,26H,2-3,10H2,1H3,(H,25,30)(H,27,28). The summed E-state index contributed by atoms with van der Waals surface area (Å²) in [7, 11) is 1.89. The van der Waals surface area contributed by atoms with Crippen molar-refractivity contribution in [3.63, 3.8) is 0 Å². The van der Waals surface area contributed by atoms with E-state index in [1.54, 1.807) is 6.07 Å². The monoisotopic (exact) mass is 463 g/mol. The topological polar surface area (TPSA) is 78.5 Å². The summed E-state index contributed by atoms with van der Waals surface area (Å²) >= 11 is 1.23. The van der Waals surface area contributed by atoms with Crippen molar-refractivity contribution in [1.29, 1.82) is 0 Å². The van der Waals surface area contributed by atoms with Gasteiger partial charge in [-0.1, -0.05) is 11.3 Å². The van der Waals surface area contributed by atoms with Crippen LogP contribution in [0.25, 0.3) is 10.2 Å². The zero-order valence-corrected chi connectivity index (χ0v) is 17.8. The number of hydrogen-bond acceptors (Lipinski definition) is 7. The summed E-state index contributed by atoms with van der Waals surface area (Å²) in [5.41, 5.74) is 2.89. The van der Waals surface area contributed by atoms with Crippen LogP contribution in [-0.4, -0.2) is 37.1 Å². The lowest BCUT2D eigenvalue weighted by Crippen LogP contribution is -2.39. The molecule has 3 aromatic rings. The summed E-state index contributed by atoms with van der Waals surface area (Å²) in [6.45, 7) is 0.709. The number of rotatable bonds is 6. The number of thiazole rings is 1. The molecule has 0 bridgehead atoms. The average molecular weight is 463 g/mol. The second-order valence-corrected chi connectivity index (χ2v) is 8.91. The summed E-state index contributed by atoms with van der Waals surface area (Å²) in [6, 6.07) is 9.54. The van der Waals surface area contributed by atoms with Crippen LogP contribution in [-0.2, 0) is 0 Å². The number of alkyl halides is 3. The Labute approximate surface area is 185 Å². The fraction of sp³-hybridized carbons (Fsp3) is 0.333. The number of nitrogens with one attached hydrogen (secondary N) is 3. The molecule has 1 aromatic heterocycles. The normalized spacial score (nSPS) is 17.8. The molecule has 5 rings (SSSR count). The van der Waals surface area contributed by atoms with E-state index in [0.29, 0.717) is 33.4 Å². The molecule has 11 heteroatoms. The van der Waals surface area contributed by atoms with E-state index in [0.717, 1.165) is 11.4 Å². The lowest BCUT2D eigenvalue weighted by Gasteiger charge is -2.22. The first-order chi connectivity index (χ1) is 15.2. The molecule has 1 fully saturated rings. The third-order valence-electron chi connectivity index (χ3n) is 5.42. The number of amides is 1. The van der Waals surface area contributed by atoms with E-state index in [4.69, 9.17) is 0 Å². The molecule has 1 saturated carbocycles. The fourth-order valence-corrected chi connectivity index (χ4v) is 4.47. The predicted octanol–water partition coefficient (Wildman–Crippen LogP) is 4.59. The quantitative estimate of drug-likeness (QED) is 0.496. The van der Waals surface area contributed by atoms with Gasteiger partial charge < -0.3 is 25.6 Å². The Morgan fingerprint density at radius 2 is 2.09 bits per heavy atom. The van der Waals surface area contributed by atoms with Gasteiger partial charge in [-0.3, -0.25) is 4.79 Å². The first kappa shape index (κ1) is 20.7. The lowest BCUT2D eigenvalue weighted by molar-refractivity contribution is -0.274. The van der Waals surface area contributed by atoms with Crippen LogP contribution in [0.2, 0.25) is 0 Å². The van der Waals surface area contributed by atoms with Crippen LogP contribution < -0.4 is 25.6 Å². The van der Waals surface area contributed by atoms with Gasteiger partial charge in [-0.05, 0) is 49.1 Å². The number of fused-ring (bicyclic) bond motifs is 2. The van der Waals surface area contributed by atoms with E-state index in [1.165, 1.54) is 42.4 Å². The summed E-state index contributed by atoms with van der Waals surface area (Å²) < 4.78 is 41.9. The van der Waals surface area contributed by atoms with E-state index < -0.39 is 6.36 Å². The summed E-state index contributed by atoms with van der Waals surface area (Å²) in [4.78, 5) is 18.8. The van der Waals surface area contributed by atoms with Gasteiger partial charge in [-0.15, -0.1) is 13.2 Å². The molecule has 168 valence electrons. The van der Waals surface area contributed by atoms with Gasteiger partial charge in [0.15, 0.2) is 11.4 Å². The van der Waals surface area contributed by atoms with E-state index in [2.05, 4.69) is 25.7 Å². The molecule has 7 nitrogen and oxygen atoms in total. The van der Waals surface area contributed by atoms with Gasteiger partial charge in [-0.25, -0.2) is 4.98 Å². The van der Waals surface area contributed by atoms with Crippen molar-refractivity contribution in [2.45, 2.75) is 25.5 Å². The molecule has 0 radical (unpaired) electrons. The van der Waals surface area contributed by atoms with Crippen LogP contribution in [0, 0.1) is 5.92 Å². The minimum Gasteiger partial charge on any atom is -0.406 e. The maximum atomic E-state index is 12.5. The maximum Gasteiger partial charge on any atom is 0.573 e. The van der Waals surface area contributed by atoms with Crippen molar-refractivity contribution in [3.05, 3.63) is 42.0 Å². The van der Waals surface area contributed by atoms with Crippen molar-refractivity contribution in [2.75, 3.05) is 29.1 Å². The highest BCUT2D eigenvalue weighted by atomic mass is 32.1. The third kappa shape index (κ3) is 4.38. The van der Waals surface area contributed by atoms with E-state index in [1.807, 2.05) is 24.1 Å². The Morgan fingerprint density at radius 1 is 1.28 bits per heavy atom. The Kier molecular flexibility index (Phi) is 5.00. The molecule has 1 aliphatic heterocycles. The van der Waals surface area contributed by atoms with E-state index in [9.17, 15) is 18.0 Å². The first-order valence-electron chi connectivity index (χ1n) is 10.1. The van der Waals surface area contributed by atoms with Crippen molar-refractivity contribution in [1.82, 2.24) is 10.3 Å². The number of anilines is 3. The number of nitrogens with zero attached hydrogens (tertiary/aromatic N) is 2. The summed E-state index contributed by atoms with van der Waals surface area (Å²) in [5.74, 6) is 0.232. The van der Waals surface area contributed by atoms with Gasteiger partial charge in [0.25, 0.3) is 5.91 Å². The van der Waals surface area contributed by atoms with Gasteiger partial charge in [-0.2, -0.15) is 0 Å². The van der Waals surface area contributed by atoms with Crippen molar-refractivity contribution < 1.29 is 22.7 Å². The van der Waals surface area contributed by atoms with Crippen LogP contribution in [0.5, 0.6) is 5.75 Å². The number of ether oxygens (including phenoxy) is 1. The average Bonchev–Trinajstić information content (AvgIpc) is 3.40. The van der Waals surface area contributed by atoms with Crippen LogP contribution in [0.3, 0.4) is 0 Å². The number of aromatic nitrogens is 1. The minimum atomic E-state index is -4.74. The van der Waals surface area contributed by atoms with Crippen LogP contribution in [0.4, 0.5) is 29.7 Å². The predicted molar refractivity (Wildman–Crippen MR) is 117 cm³/mol. The first-order valence-corrected chi connectivity index (χ1v) is 10.9. The molecule has 3 N–H and O–H groups in total. The molecule has 1 amide bonds. The largest absolute Gasteiger partial charge is 0.573 e. The third-order valence-corrected chi connectivity index (χ3v) is 6.37. The smallest absolute Gasteiger partial charge is 0.406 e. The molecule has 2 heterocycles. The highest BCUT2D eigenvalue weighted by molar-refractivity contribution is 7.22. The number of carbonyl (C=O) groups is 1. The second kappa shape index (κ2) is 7.73. The van der Waals surface area contributed by atoms with E-state index >= 15 is 0 Å². The van der Waals surface area contributed by atoms with Crippen molar-refractivity contribution >= 4 is 44.0 Å². The molecule has 0 spiro atoms. The fourth-order valence-electron chi connectivity index (χ4n) is 3.56. The van der Waals surface area contributed by atoms with Crippen LogP contribution >= 0.6 is 11.3 Å². The van der Waals surface area contributed by atoms with Gasteiger partial charge in [0.05, 0.1) is 21.6 Å². The zero-order valence-electron chi connectivity index (χ0n) is 17.0. The Hall–Kier alpha value is -3.21. The molecule has 2 aliphatic rings. The second-order valence-electron chi connectivity index (χ2n) is 7.88. The molecular formula is C21H20F3N5O2S. The van der Waals surface area contributed by atoms with Gasteiger partial charge in [0, 0.05) is 25.2 Å². The molecule has 1 atom stereocenters. The SMILES string of the molecule is CN1c2ccc(C(=O)NCC3CC3)cc2NC1Nc1nc2ccc(OC(F)(F)F)cc2s1. The molecule has 2 aromatic carbocycles. The Balaban J connectivity index is 1.28. The number of carbonyl (C=O) groups excluding carboxylic acids is 1. The van der Waals surface area contributed by atoms with Gasteiger partial charge in [0.1, 0.15) is 5.75 Å². The minimum absolute atomic E-state index is 0.0939. The molecule has 1 aliphatic carbocycles. The summed E-state index contributed by atoms with van der Waals surface area (Å²) in [6.07, 6.45) is -2.73. The molecular weight excluding hydrogens is 443 g/mol. The highest BCUT2D eigenvalue weighted by Crippen LogP contribution is 2.37. The molecule has 1 unspecified atom stereocenters. The van der Waals surface area contributed by atoms with Crippen molar-refractivity contribution in [3.8, 4) is 5.75 Å². The van der Waals surface area contributed by atoms with E-state index in [-0.39, 0.29) is 17.9 Å². The van der Waals surface area contributed by atoms with Gasteiger partial charge >= 0.3 is 6.36 Å². The lowest BCUT2D eigenvalue weighted by atomic mass is 10.1. The van der Waals surface area contributed by atoms with Crippen molar-refractivity contribution in [2.24, 2.45) is 5.92 Å². The zero-order chi connectivity index (χ0) is 22.5. The Morgan fingerprint density at radius 3 is 2.84 bits per heavy atom. The highest BCUT2D eigenvalue weighted by Gasteiger charge is 2.31. The molecule has 0 saturated heterocycles. The number of benzene rings is 2. The number of halogens is 3. The van der Waals surface area contributed by atoms with Gasteiger partial charge in [0.2, 0.25) is 0 Å². The Bertz CT molecular complexity index is 1180.